The van der Waals surface area contributed by atoms with Gasteiger partial charge in [-0.15, -0.1) is 0 Å². The van der Waals surface area contributed by atoms with Crippen molar-refractivity contribution >= 4 is 15.8 Å². The Bertz CT molecular complexity index is 574. The number of sulfonamides is 1. The van der Waals surface area contributed by atoms with E-state index in [-0.39, 0.29) is 11.8 Å². The third-order valence-electron chi connectivity index (χ3n) is 3.48. The minimum Gasteiger partial charge on any atom is -0.373 e. The first-order valence-corrected chi connectivity index (χ1v) is 8.61. The molecule has 1 fully saturated rings. The number of aryl methyl sites for hydroxylation is 1. The van der Waals surface area contributed by atoms with Gasteiger partial charge in [0.1, 0.15) is 11.6 Å². The highest BCUT2D eigenvalue weighted by Crippen LogP contribution is 2.34. The molecular formula is C13H22N4O2S. The number of hydrogen-bond donors (Lipinski definition) is 1. The van der Waals surface area contributed by atoms with Gasteiger partial charge >= 0.3 is 0 Å². The van der Waals surface area contributed by atoms with Gasteiger partial charge < -0.3 is 5.32 Å². The first kappa shape index (κ1) is 15.2. The summed E-state index contributed by atoms with van der Waals surface area (Å²) in [6.45, 7) is 4.30. The van der Waals surface area contributed by atoms with Crippen LogP contribution in [0.2, 0.25) is 0 Å². The topological polar surface area (TPSA) is 75.2 Å². The molecule has 0 aliphatic carbocycles. The molecule has 0 unspecified atom stereocenters. The van der Waals surface area contributed by atoms with E-state index in [1.807, 2.05) is 19.9 Å². The van der Waals surface area contributed by atoms with Crippen molar-refractivity contribution in [3.05, 3.63) is 17.6 Å². The number of anilines is 1. The van der Waals surface area contributed by atoms with Crippen molar-refractivity contribution in [2.45, 2.75) is 39.2 Å². The van der Waals surface area contributed by atoms with Gasteiger partial charge in [0.25, 0.3) is 0 Å². The molecule has 0 spiro atoms. The van der Waals surface area contributed by atoms with Crippen LogP contribution in [-0.2, 0) is 10.0 Å². The minimum absolute atomic E-state index is 0.152. The third kappa shape index (κ3) is 3.09. The average molecular weight is 298 g/mol. The van der Waals surface area contributed by atoms with Crippen LogP contribution in [0.5, 0.6) is 0 Å². The van der Waals surface area contributed by atoms with Gasteiger partial charge in [0.2, 0.25) is 10.0 Å². The lowest BCUT2D eigenvalue weighted by Crippen LogP contribution is -2.33. The molecule has 0 aromatic carbocycles. The van der Waals surface area contributed by atoms with E-state index in [0.29, 0.717) is 18.8 Å². The number of hydrogen-bond acceptors (Lipinski definition) is 5. The van der Waals surface area contributed by atoms with Gasteiger partial charge in [-0.05, 0) is 26.2 Å². The molecule has 6 nitrogen and oxygen atoms in total. The molecule has 20 heavy (non-hydrogen) atoms. The zero-order valence-electron chi connectivity index (χ0n) is 12.3. The molecule has 1 aliphatic rings. The summed E-state index contributed by atoms with van der Waals surface area (Å²) in [6.07, 6.45) is 2.34. The lowest BCUT2D eigenvalue weighted by Gasteiger charge is -2.24. The van der Waals surface area contributed by atoms with Crippen molar-refractivity contribution in [2.75, 3.05) is 24.7 Å². The van der Waals surface area contributed by atoms with E-state index in [1.165, 1.54) is 0 Å². The molecular weight excluding hydrogens is 276 g/mol. The van der Waals surface area contributed by atoms with Crippen LogP contribution in [0.1, 0.15) is 43.7 Å². The Hall–Kier alpha value is -1.21. The van der Waals surface area contributed by atoms with Crippen LogP contribution in [-0.4, -0.2) is 42.0 Å². The Balaban J connectivity index is 2.34. The van der Waals surface area contributed by atoms with Crippen molar-refractivity contribution in [3.8, 4) is 0 Å². The molecule has 0 bridgehead atoms. The summed E-state index contributed by atoms with van der Waals surface area (Å²) < 4.78 is 26.3. The fraction of sp³-hybridized carbons (Fsp3) is 0.692. The van der Waals surface area contributed by atoms with Gasteiger partial charge in [-0.1, -0.05) is 6.92 Å². The Kier molecular flexibility index (Phi) is 4.59. The predicted octanol–water partition coefficient (Wildman–Crippen LogP) is 1.70. The first-order chi connectivity index (χ1) is 9.47. The normalized spacial score (nSPS) is 20.2. The molecule has 7 heteroatoms. The SMILES string of the molecule is CCCS(=O)(=O)N1CCC[C@@H]1c1cc(NC)nc(C)n1. The zero-order valence-corrected chi connectivity index (χ0v) is 13.1. The zero-order chi connectivity index (χ0) is 14.8. The molecule has 0 saturated carbocycles. The van der Waals surface area contributed by atoms with Gasteiger partial charge in [0.05, 0.1) is 17.5 Å². The molecule has 2 rings (SSSR count). The van der Waals surface area contributed by atoms with Gasteiger partial charge in [-0.2, -0.15) is 4.31 Å². The Morgan fingerprint density at radius 2 is 2.20 bits per heavy atom. The molecule has 1 aromatic heterocycles. The van der Waals surface area contributed by atoms with E-state index in [1.54, 1.807) is 11.4 Å². The maximum Gasteiger partial charge on any atom is 0.214 e. The summed E-state index contributed by atoms with van der Waals surface area (Å²) in [5, 5.41) is 2.99. The van der Waals surface area contributed by atoms with E-state index in [0.717, 1.165) is 24.4 Å². The third-order valence-corrected chi connectivity index (χ3v) is 5.55. The van der Waals surface area contributed by atoms with Crippen LogP contribution in [0.4, 0.5) is 5.82 Å². The fourth-order valence-electron chi connectivity index (χ4n) is 2.63. The summed E-state index contributed by atoms with van der Waals surface area (Å²) >= 11 is 0. The van der Waals surface area contributed by atoms with E-state index in [4.69, 9.17) is 0 Å². The van der Waals surface area contributed by atoms with Gasteiger partial charge in [-0.25, -0.2) is 18.4 Å². The summed E-state index contributed by atoms with van der Waals surface area (Å²) in [4.78, 5) is 8.69. The van der Waals surface area contributed by atoms with Crippen molar-refractivity contribution in [1.29, 1.82) is 0 Å². The maximum absolute atomic E-state index is 12.3. The number of nitrogens with zero attached hydrogens (tertiary/aromatic N) is 3. The van der Waals surface area contributed by atoms with E-state index in [9.17, 15) is 8.42 Å². The van der Waals surface area contributed by atoms with Gasteiger partial charge in [-0.3, -0.25) is 0 Å². The van der Waals surface area contributed by atoms with Crippen LogP contribution in [0.3, 0.4) is 0 Å². The highest BCUT2D eigenvalue weighted by molar-refractivity contribution is 7.89. The van der Waals surface area contributed by atoms with Crippen LogP contribution < -0.4 is 5.32 Å². The van der Waals surface area contributed by atoms with Crippen LogP contribution >= 0.6 is 0 Å². The first-order valence-electron chi connectivity index (χ1n) is 7.00. The molecule has 0 amide bonds. The molecule has 1 saturated heterocycles. The summed E-state index contributed by atoms with van der Waals surface area (Å²) in [5.74, 6) is 1.59. The molecule has 1 aromatic rings. The largest absolute Gasteiger partial charge is 0.373 e. The van der Waals surface area contributed by atoms with Crippen LogP contribution in [0, 0.1) is 6.92 Å². The fourth-order valence-corrected chi connectivity index (χ4v) is 4.39. The summed E-state index contributed by atoms with van der Waals surface area (Å²) in [7, 11) is -1.39. The molecule has 0 radical (unpaired) electrons. The smallest absolute Gasteiger partial charge is 0.214 e. The lowest BCUT2D eigenvalue weighted by molar-refractivity contribution is 0.389. The van der Waals surface area contributed by atoms with Crippen molar-refractivity contribution in [3.63, 3.8) is 0 Å². The van der Waals surface area contributed by atoms with Crippen molar-refractivity contribution < 1.29 is 8.42 Å². The molecule has 112 valence electrons. The second-order valence-electron chi connectivity index (χ2n) is 5.06. The van der Waals surface area contributed by atoms with Crippen molar-refractivity contribution in [2.24, 2.45) is 0 Å². The highest BCUT2D eigenvalue weighted by Gasteiger charge is 2.35. The van der Waals surface area contributed by atoms with Gasteiger partial charge in [0.15, 0.2) is 0 Å². The Labute approximate surface area is 120 Å². The quantitative estimate of drug-likeness (QED) is 0.895. The summed E-state index contributed by atoms with van der Waals surface area (Å²) in [6, 6.07) is 1.69. The second-order valence-corrected chi connectivity index (χ2v) is 7.10. The minimum atomic E-state index is -3.19. The molecule has 2 heterocycles. The Morgan fingerprint density at radius 1 is 1.45 bits per heavy atom. The molecule has 1 aliphatic heterocycles. The number of aromatic nitrogens is 2. The number of nitrogens with one attached hydrogen (secondary N) is 1. The monoisotopic (exact) mass is 298 g/mol. The second kappa shape index (κ2) is 6.05. The van der Waals surface area contributed by atoms with E-state index in [2.05, 4.69) is 15.3 Å². The lowest BCUT2D eigenvalue weighted by atomic mass is 10.1. The predicted molar refractivity (Wildman–Crippen MR) is 79.1 cm³/mol. The maximum atomic E-state index is 12.3. The molecule has 1 N–H and O–H groups in total. The highest BCUT2D eigenvalue weighted by atomic mass is 32.2. The summed E-state index contributed by atoms with van der Waals surface area (Å²) in [5.41, 5.74) is 0.791. The molecule has 1 atom stereocenters. The standard InChI is InChI=1S/C13H22N4O2S/c1-4-8-20(18,19)17-7-5-6-12(17)11-9-13(14-3)16-10(2)15-11/h9,12H,4-8H2,1-3H3,(H,14,15,16)/t12-/m1/s1. The van der Waals surface area contributed by atoms with E-state index >= 15 is 0 Å². The van der Waals surface area contributed by atoms with Crippen LogP contribution in [0.15, 0.2) is 6.07 Å². The number of rotatable bonds is 5. The van der Waals surface area contributed by atoms with Crippen molar-refractivity contribution in [1.82, 2.24) is 14.3 Å². The Morgan fingerprint density at radius 3 is 2.85 bits per heavy atom. The van der Waals surface area contributed by atoms with Gasteiger partial charge in [0, 0.05) is 19.7 Å². The van der Waals surface area contributed by atoms with E-state index < -0.39 is 10.0 Å². The average Bonchev–Trinajstić information content (AvgIpc) is 2.88. The van der Waals surface area contributed by atoms with Crippen LogP contribution in [0.25, 0.3) is 0 Å².